The lowest BCUT2D eigenvalue weighted by Gasteiger charge is -2.15. The fraction of sp³-hybridized carbons (Fsp3) is 0.261. The van der Waals surface area contributed by atoms with Crippen molar-refractivity contribution < 1.29 is 14.0 Å². The van der Waals surface area contributed by atoms with Crippen LogP contribution >= 0.6 is 0 Å². The molecule has 0 atom stereocenters. The van der Waals surface area contributed by atoms with Crippen LogP contribution in [-0.2, 0) is 21.5 Å². The summed E-state index contributed by atoms with van der Waals surface area (Å²) in [5.74, 6) is 1.15. The molecule has 4 rings (SSSR count). The number of carbonyl (C=O) groups is 2. The third-order valence-corrected chi connectivity index (χ3v) is 5.50. The summed E-state index contributed by atoms with van der Waals surface area (Å²) >= 11 is 0. The fourth-order valence-electron chi connectivity index (χ4n) is 3.50. The van der Waals surface area contributed by atoms with Crippen molar-refractivity contribution in [3.05, 3.63) is 65.1 Å². The van der Waals surface area contributed by atoms with Gasteiger partial charge in [-0.1, -0.05) is 18.2 Å². The predicted octanol–water partition coefficient (Wildman–Crippen LogP) is 4.04. The maximum Gasteiger partial charge on any atom is 0.246 e. The fourth-order valence-corrected chi connectivity index (χ4v) is 3.50. The number of hydrogen-bond donors (Lipinski definition) is 1. The Bertz CT molecular complexity index is 1160. The van der Waals surface area contributed by atoms with Crippen LogP contribution in [0.15, 0.2) is 47.0 Å². The van der Waals surface area contributed by atoms with E-state index in [1.54, 1.807) is 24.2 Å². The SMILES string of the molecule is Cc1c(CN(C)C(=O)C=Cc2cnc3c(c2)C(C)(C)C(=O)N3)oc2ccccc12. The number of benzene rings is 1. The molecule has 6 heteroatoms. The van der Waals surface area contributed by atoms with Crippen molar-refractivity contribution in [2.24, 2.45) is 0 Å². The summed E-state index contributed by atoms with van der Waals surface area (Å²) < 4.78 is 5.90. The van der Waals surface area contributed by atoms with E-state index in [0.717, 1.165) is 33.4 Å². The molecule has 1 N–H and O–H groups in total. The van der Waals surface area contributed by atoms with Gasteiger partial charge in [-0.05, 0) is 44.5 Å². The first-order valence-electron chi connectivity index (χ1n) is 9.49. The number of carbonyl (C=O) groups excluding carboxylic acids is 2. The molecule has 0 bridgehead atoms. The number of fused-ring (bicyclic) bond motifs is 2. The molecule has 2 amide bonds. The topological polar surface area (TPSA) is 75.4 Å². The lowest BCUT2D eigenvalue weighted by Crippen LogP contribution is -2.26. The van der Waals surface area contributed by atoms with Crippen molar-refractivity contribution in [2.75, 3.05) is 12.4 Å². The molecule has 29 heavy (non-hydrogen) atoms. The monoisotopic (exact) mass is 389 g/mol. The van der Waals surface area contributed by atoms with Gasteiger partial charge in [0, 0.05) is 35.8 Å². The second-order valence-electron chi connectivity index (χ2n) is 7.92. The van der Waals surface area contributed by atoms with Gasteiger partial charge >= 0.3 is 0 Å². The molecule has 6 nitrogen and oxygen atoms in total. The van der Waals surface area contributed by atoms with Gasteiger partial charge in [0.25, 0.3) is 0 Å². The van der Waals surface area contributed by atoms with E-state index in [1.165, 1.54) is 6.08 Å². The zero-order chi connectivity index (χ0) is 20.8. The Kier molecular flexibility index (Phi) is 4.49. The Labute approximate surface area is 169 Å². The number of aromatic nitrogens is 1. The van der Waals surface area contributed by atoms with Crippen LogP contribution in [0.1, 0.15) is 36.3 Å². The van der Waals surface area contributed by atoms with E-state index in [2.05, 4.69) is 10.3 Å². The van der Waals surface area contributed by atoms with Crippen molar-refractivity contribution in [1.29, 1.82) is 0 Å². The molecule has 0 unspecified atom stereocenters. The molecule has 0 saturated heterocycles. The predicted molar refractivity (Wildman–Crippen MR) is 112 cm³/mol. The molecule has 1 aliphatic rings. The largest absolute Gasteiger partial charge is 0.459 e. The summed E-state index contributed by atoms with van der Waals surface area (Å²) in [6, 6.07) is 9.74. The Morgan fingerprint density at radius 2 is 2.07 bits per heavy atom. The molecular weight excluding hydrogens is 366 g/mol. The summed E-state index contributed by atoms with van der Waals surface area (Å²) in [5, 5.41) is 3.85. The number of pyridine rings is 1. The highest BCUT2D eigenvalue weighted by atomic mass is 16.3. The van der Waals surface area contributed by atoms with Gasteiger partial charge in [-0.25, -0.2) is 4.98 Å². The number of likely N-dealkylation sites (N-methyl/N-ethyl adjacent to an activating group) is 1. The van der Waals surface area contributed by atoms with E-state index in [4.69, 9.17) is 4.42 Å². The summed E-state index contributed by atoms with van der Waals surface area (Å²) in [6.07, 6.45) is 4.88. The van der Waals surface area contributed by atoms with Crippen LogP contribution in [0.4, 0.5) is 5.82 Å². The van der Waals surface area contributed by atoms with Gasteiger partial charge in [0.1, 0.15) is 17.2 Å². The molecule has 1 aliphatic heterocycles. The van der Waals surface area contributed by atoms with E-state index in [9.17, 15) is 9.59 Å². The molecule has 2 aromatic heterocycles. The number of furan rings is 1. The molecule has 0 spiro atoms. The zero-order valence-corrected chi connectivity index (χ0v) is 16.9. The number of anilines is 1. The zero-order valence-electron chi connectivity index (χ0n) is 16.9. The number of rotatable bonds is 4. The Hall–Kier alpha value is -3.41. The van der Waals surface area contributed by atoms with Crippen LogP contribution in [0.2, 0.25) is 0 Å². The first kappa shape index (κ1) is 18.9. The van der Waals surface area contributed by atoms with Gasteiger partial charge < -0.3 is 14.6 Å². The third-order valence-electron chi connectivity index (χ3n) is 5.50. The average molecular weight is 389 g/mol. The maximum absolute atomic E-state index is 12.6. The van der Waals surface area contributed by atoms with Crippen molar-refractivity contribution in [1.82, 2.24) is 9.88 Å². The van der Waals surface area contributed by atoms with E-state index in [1.807, 2.05) is 51.1 Å². The molecule has 1 aromatic carbocycles. The first-order chi connectivity index (χ1) is 13.8. The van der Waals surface area contributed by atoms with Crippen LogP contribution in [0.5, 0.6) is 0 Å². The highest BCUT2D eigenvalue weighted by molar-refractivity contribution is 6.04. The van der Waals surface area contributed by atoms with Crippen molar-refractivity contribution >= 4 is 34.7 Å². The van der Waals surface area contributed by atoms with E-state index < -0.39 is 5.41 Å². The minimum Gasteiger partial charge on any atom is -0.459 e. The normalized spacial score (nSPS) is 15.0. The van der Waals surface area contributed by atoms with Crippen molar-refractivity contribution in [3.8, 4) is 0 Å². The second-order valence-corrected chi connectivity index (χ2v) is 7.92. The number of nitrogens with zero attached hydrogens (tertiary/aromatic N) is 2. The number of para-hydroxylation sites is 1. The number of nitrogens with one attached hydrogen (secondary N) is 1. The Morgan fingerprint density at radius 3 is 2.83 bits per heavy atom. The van der Waals surface area contributed by atoms with E-state index in [0.29, 0.717) is 12.4 Å². The highest BCUT2D eigenvalue weighted by Crippen LogP contribution is 2.36. The van der Waals surface area contributed by atoms with Crippen LogP contribution in [0.3, 0.4) is 0 Å². The van der Waals surface area contributed by atoms with Crippen LogP contribution < -0.4 is 5.32 Å². The molecule has 3 aromatic rings. The Balaban J connectivity index is 1.49. The van der Waals surface area contributed by atoms with Gasteiger partial charge in [0.2, 0.25) is 11.8 Å². The molecule has 148 valence electrons. The minimum absolute atomic E-state index is 0.0712. The summed E-state index contributed by atoms with van der Waals surface area (Å²) in [4.78, 5) is 30.5. The number of amides is 2. The van der Waals surface area contributed by atoms with Crippen LogP contribution in [0.25, 0.3) is 17.0 Å². The summed E-state index contributed by atoms with van der Waals surface area (Å²) in [6.45, 7) is 6.11. The summed E-state index contributed by atoms with van der Waals surface area (Å²) in [7, 11) is 1.74. The lowest BCUT2D eigenvalue weighted by molar-refractivity contribution is -0.125. The highest BCUT2D eigenvalue weighted by Gasteiger charge is 2.39. The minimum atomic E-state index is -0.633. The third kappa shape index (κ3) is 3.31. The maximum atomic E-state index is 12.6. The van der Waals surface area contributed by atoms with Crippen LogP contribution in [-0.4, -0.2) is 28.7 Å². The second kappa shape index (κ2) is 6.88. The van der Waals surface area contributed by atoms with Gasteiger partial charge in [-0.15, -0.1) is 0 Å². The van der Waals surface area contributed by atoms with Gasteiger partial charge in [0.15, 0.2) is 0 Å². The molecule has 0 saturated carbocycles. The van der Waals surface area contributed by atoms with Gasteiger partial charge in [-0.2, -0.15) is 0 Å². The van der Waals surface area contributed by atoms with E-state index in [-0.39, 0.29) is 11.8 Å². The van der Waals surface area contributed by atoms with Crippen molar-refractivity contribution in [3.63, 3.8) is 0 Å². The van der Waals surface area contributed by atoms with Gasteiger partial charge in [0.05, 0.1) is 12.0 Å². The molecular formula is C23H23N3O3. The summed E-state index contributed by atoms with van der Waals surface area (Å²) in [5.41, 5.74) is 2.85. The van der Waals surface area contributed by atoms with Gasteiger partial charge in [-0.3, -0.25) is 9.59 Å². The van der Waals surface area contributed by atoms with Crippen LogP contribution in [0, 0.1) is 6.92 Å². The molecule has 0 aliphatic carbocycles. The standard InChI is InChI=1S/C23H23N3O3/c1-14-16-7-5-6-8-18(16)29-19(14)13-26(4)20(27)10-9-15-11-17-21(24-12-15)25-22(28)23(17,2)3/h5-12H,13H2,1-4H3,(H,24,25,28). The molecule has 0 radical (unpaired) electrons. The molecule has 0 fully saturated rings. The van der Waals surface area contributed by atoms with E-state index >= 15 is 0 Å². The molecule has 3 heterocycles. The van der Waals surface area contributed by atoms with Crippen molar-refractivity contribution in [2.45, 2.75) is 32.7 Å². The lowest BCUT2D eigenvalue weighted by atomic mass is 9.86. The Morgan fingerprint density at radius 1 is 1.31 bits per heavy atom. The average Bonchev–Trinajstić information content (AvgIpc) is 3.13. The quantitative estimate of drug-likeness (QED) is 0.684. The number of aryl methyl sites for hydroxylation is 1. The first-order valence-corrected chi connectivity index (χ1v) is 9.49. The number of hydrogen-bond acceptors (Lipinski definition) is 4. The smallest absolute Gasteiger partial charge is 0.246 e.